The Morgan fingerprint density at radius 1 is 0.808 bits per heavy atom. The highest BCUT2D eigenvalue weighted by Gasteiger charge is 2.04. The van der Waals surface area contributed by atoms with Crippen LogP contribution in [0.25, 0.3) is 0 Å². The highest BCUT2D eigenvalue weighted by atomic mass is 16.5. The molecule has 140 valence electrons. The molecule has 2 aromatic carbocycles. The van der Waals surface area contributed by atoms with Crippen molar-refractivity contribution >= 4 is 5.97 Å². The zero-order valence-corrected chi connectivity index (χ0v) is 15.9. The molecular weight excluding hydrogens is 328 g/mol. The topological polar surface area (TPSA) is 44.8 Å². The molecule has 0 aliphatic carbocycles. The van der Waals surface area contributed by atoms with Gasteiger partial charge in [0, 0.05) is 0 Å². The molecule has 0 amide bonds. The summed E-state index contributed by atoms with van der Waals surface area (Å²) in [5.74, 6) is 1.90. The number of hydrogen-bond donors (Lipinski definition) is 0. The minimum absolute atomic E-state index is 0.338. The molecule has 0 atom stereocenters. The van der Waals surface area contributed by atoms with Crippen LogP contribution in [0.5, 0.6) is 11.5 Å². The first-order valence-electron chi connectivity index (χ1n) is 9.14. The Morgan fingerprint density at radius 3 is 1.77 bits per heavy atom. The average molecular weight is 356 g/mol. The van der Waals surface area contributed by atoms with Gasteiger partial charge in [0.25, 0.3) is 0 Å². The summed E-state index contributed by atoms with van der Waals surface area (Å²) in [7, 11) is 1.37. The van der Waals surface area contributed by atoms with Crippen LogP contribution in [-0.2, 0) is 4.74 Å². The van der Waals surface area contributed by atoms with E-state index in [-0.39, 0.29) is 5.97 Å². The Morgan fingerprint density at radius 2 is 1.31 bits per heavy atom. The summed E-state index contributed by atoms with van der Waals surface area (Å²) in [6.45, 7) is 5.74. The van der Waals surface area contributed by atoms with Gasteiger partial charge in [-0.1, -0.05) is 26.0 Å². The predicted octanol–water partition coefficient (Wildman–Crippen LogP) is 5.22. The van der Waals surface area contributed by atoms with E-state index in [1.165, 1.54) is 12.7 Å². The fourth-order valence-corrected chi connectivity index (χ4v) is 2.51. The van der Waals surface area contributed by atoms with Gasteiger partial charge in [0.05, 0.1) is 25.9 Å². The lowest BCUT2D eigenvalue weighted by Crippen LogP contribution is -2.02. The zero-order valence-electron chi connectivity index (χ0n) is 15.9. The minimum Gasteiger partial charge on any atom is -0.494 e. The largest absolute Gasteiger partial charge is 0.494 e. The van der Waals surface area contributed by atoms with Crippen molar-refractivity contribution < 1.29 is 19.0 Å². The van der Waals surface area contributed by atoms with Crippen molar-refractivity contribution in [3.8, 4) is 11.5 Å². The molecule has 0 radical (unpaired) electrons. The van der Waals surface area contributed by atoms with Gasteiger partial charge in [-0.05, 0) is 67.1 Å². The van der Waals surface area contributed by atoms with Crippen molar-refractivity contribution in [3.05, 3.63) is 59.7 Å². The van der Waals surface area contributed by atoms with E-state index < -0.39 is 0 Å². The average Bonchev–Trinajstić information content (AvgIpc) is 2.67. The number of benzene rings is 2. The van der Waals surface area contributed by atoms with Crippen molar-refractivity contribution in [1.82, 2.24) is 0 Å². The Kier molecular flexibility index (Phi) is 8.00. The fourth-order valence-electron chi connectivity index (χ4n) is 2.51. The van der Waals surface area contributed by atoms with Gasteiger partial charge in [-0.3, -0.25) is 0 Å². The summed E-state index contributed by atoms with van der Waals surface area (Å²) in [5.41, 5.74) is 1.85. The summed E-state index contributed by atoms with van der Waals surface area (Å²) in [5, 5.41) is 0. The molecule has 0 spiro atoms. The first-order chi connectivity index (χ1) is 12.6. The Hall–Kier alpha value is -2.49. The standard InChI is InChI=1S/C22H28O4/c1-17(2)18-7-11-20(12-8-18)25-15-5-4-6-16-26-21-13-9-19(10-14-21)22(23)24-3/h7-14,17H,4-6,15-16H2,1-3H3. The lowest BCUT2D eigenvalue weighted by Gasteiger charge is -2.09. The molecule has 0 heterocycles. The third kappa shape index (κ3) is 6.43. The third-order valence-corrected chi connectivity index (χ3v) is 4.15. The van der Waals surface area contributed by atoms with Crippen LogP contribution in [0.4, 0.5) is 0 Å². The highest BCUT2D eigenvalue weighted by molar-refractivity contribution is 5.89. The van der Waals surface area contributed by atoms with Crippen LogP contribution in [0.1, 0.15) is 54.9 Å². The fraction of sp³-hybridized carbons (Fsp3) is 0.409. The molecule has 0 aromatic heterocycles. The number of hydrogen-bond acceptors (Lipinski definition) is 4. The van der Waals surface area contributed by atoms with Crippen LogP contribution in [0, 0.1) is 0 Å². The molecule has 2 aromatic rings. The Balaban J connectivity index is 1.57. The number of methoxy groups -OCH3 is 1. The quantitative estimate of drug-likeness (QED) is 0.432. The summed E-state index contributed by atoms with van der Waals surface area (Å²) in [6, 6.07) is 15.3. The maximum Gasteiger partial charge on any atom is 0.337 e. The van der Waals surface area contributed by atoms with E-state index in [0.29, 0.717) is 18.1 Å². The van der Waals surface area contributed by atoms with Crippen molar-refractivity contribution in [2.45, 2.75) is 39.0 Å². The van der Waals surface area contributed by atoms with E-state index in [1.54, 1.807) is 24.3 Å². The van der Waals surface area contributed by atoms with E-state index in [0.717, 1.165) is 37.4 Å². The minimum atomic E-state index is -0.338. The summed E-state index contributed by atoms with van der Waals surface area (Å²) in [6.07, 6.45) is 3.01. The first-order valence-corrected chi connectivity index (χ1v) is 9.14. The van der Waals surface area contributed by atoms with E-state index in [9.17, 15) is 4.79 Å². The van der Waals surface area contributed by atoms with E-state index in [1.807, 2.05) is 12.1 Å². The number of esters is 1. The first kappa shape index (κ1) is 19.8. The van der Waals surface area contributed by atoms with Gasteiger partial charge in [-0.25, -0.2) is 4.79 Å². The van der Waals surface area contributed by atoms with Crippen LogP contribution < -0.4 is 9.47 Å². The molecule has 4 heteroatoms. The molecule has 26 heavy (non-hydrogen) atoms. The van der Waals surface area contributed by atoms with Gasteiger partial charge < -0.3 is 14.2 Å². The van der Waals surface area contributed by atoms with Crippen molar-refractivity contribution in [2.75, 3.05) is 20.3 Å². The molecule has 0 bridgehead atoms. The van der Waals surface area contributed by atoms with Crippen LogP contribution >= 0.6 is 0 Å². The van der Waals surface area contributed by atoms with Gasteiger partial charge in [-0.15, -0.1) is 0 Å². The summed E-state index contributed by atoms with van der Waals surface area (Å²) in [4.78, 5) is 11.4. The Bertz CT molecular complexity index is 660. The lowest BCUT2D eigenvalue weighted by atomic mass is 10.0. The van der Waals surface area contributed by atoms with Crippen LogP contribution in [0.3, 0.4) is 0 Å². The smallest absolute Gasteiger partial charge is 0.337 e. The van der Waals surface area contributed by atoms with Gasteiger partial charge in [0.1, 0.15) is 11.5 Å². The lowest BCUT2D eigenvalue weighted by molar-refractivity contribution is 0.0600. The second kappa shape index (κ2) is 10.5. The van der Waals surface area contributed by atoms with E-state index in [4.69, 9.17) is 9.47 Å². The number of unbranched alkanes of at least 4 members (excludes halogenated alkanes) is 2. The zero-order chi connectivity index (χ0) is 18.8. The van der Waals surface area contributed by atoms with Gasteiger partial charge >= 0.3 is 5.97 Å². The number of ether oxygens (including phenoxy) is 3. The number of carbonyl (C=O) groups is 1. The van der Waals surface area contributed by atoms with Crippen LogP contribution in [0.15, 0.2) is 48.5 Å². The predicted molar refractivity (Wildman–Crippen MR) is 103 cm³/mol. The molecule has 2 rings (SSSR count). The summed E-state index contributed by atoms with van der Waals surface area (Å²) < 4.78 is 16.1. The summed E-state index contributed by atoms with van der Waals surface area (Å²) >= 11 is 0. The van der Waals surface area contributed by atoms with Crippen LogP contribution in [0.2, 0.25) is 0 Å². The maximum atomic E-state index is 11.4. The molecular formula is C22H28O4. The van der Waals surface area contributed by atoms with Crippen molar-refractivity contribution in [1.29, 1.82) is 0 Å². The number of rotatable bonds is 10. The van der Waals surface area contributed by atoms with Crippen LogP contribution in [-0.4, -0.2) is 26.3 Å². The monoisotopic (exact) mass is 356 g/mol. The molecule has 0 aliphatic rings. The molecule has 0 aliphatic heterocycles. The normalized spacial score (nSPS) is 10.6. The molecule has 0 saturated heterocycles. The third-order valence-electron chi connectivity index (χ3n) is 4.15. The molecule has 0 saturated carbocycles. The molecule has 0 fully saturated rings. The second-order valence-corrected chi connectivity index (χ2v) is 6.50. The molecule has 0 unspecified atom stereocenters. The molecule has 4 nitrogen and oxygen atoms in total. The van der Waals surface area contributed by atoms with Crippen molar-refractivity contribution in [3.63, 3.8) is 0 Å². The van der Waals surface area contributed by atoms with Gasteiger partial charge in [0.15, 0.2) is 0 Å². The SMILES string of the molecule is COC(=O)c1ccc(OCCCCCOc2ccc(C(C)C)cc2)cc1. The second-order valence-electron chi connectivity index (χ2n) is 6.50. The maximum absolute atomic E-state index is 11.4. The highest BCUT2D eigenvalue weighted by Crippen LogP contribution is 2.19. The number of carbonyl (C=O) groups excluding carboxylic acids is 1. The van der Waals surface area contributed by atoms with Gasteiger partial charge in [-0.2, -0.15) is 0 Å². The van der Waals surface area contributed by atoms with Gasteiger partial charge in [0.2, 0.25) is 0 Å². The Labute approximate surface area is 156 Å². The molecule has 0 N–H and O–H groups in total. The van der Waals surface area contributed by atoms with Crippen molar-refractivity contribution in [2.24, 2.45) is 0 Å². The van der Waals surface area contributed by atoms with E-state index >= 15 is 0 Å². The van der Waals surface area contributed by atoms with E-state index in [2.05, 4.69) is 30.7 Å².